The summed E-state index contributed by atoms with van der Waals surface area (Å²) >= 11 is 0. The molecule has 0 saturated carbocycles. The Morgan fingerprint density at radius 2 is 1.94 bits per heavy atom. The minimum Gasteiger partial charge on any atom is -0.329 e. The van der Waals surface area contributed by atoms with E-state index in [1.807, 2.05) is 0 Å². The molecule has 2 unspecified atom stereocenters. The van der Waals surface area contributed by atoms with Crippen LogP contribution in [0, 0.1) is 5.92 Å². The van der Waals surface area contributed by atoms with Gasteiger partial charge in [0.15, 0.2) is 0 Å². The second-order valence-electron chi connectivity index (χ2n) is 5.18. The molecule has 0 aromatic rings. The van der Waals surface area contributed by atoms with Crippen molar-refractivity contribution in [3.05, 3.63) is 0 Å². The number of rotatable bonds is 7. The molecule has 1 fully saturated rings. The summed E-state index contributed by atoms with van der Waals surface area (Å²) in [4.78, 5) is 5.14. The third kappa shape index (κ3) is 4.23. The van der Waals surface area contributed by atoms with Crippen LogP contribution in [0.3, 0.4) is 0 Å². The van der Waals surface area contributed by atoms with Gasteiger partial charge in [-0.05, 0) is 38.4 Å². The number of piperidine rings is 1. The van der Waals surface area contributed by atoms with Gasteiger partial charge in [0, 0.05) is 25.7 Å². The lowest BCUT2D eigenvalue weighted by molar-refractivity contribution is 0.0838. The van der Waals surface area contributed by atoms with Crippen molar-refractivity contribution >= 4 is 0 Å². The van der Waals surface area contributed by atoms with Crippen molar-refractivity contribution in [3.8, 4) is 0 Å². The second-order valence-corrected chi connectivity index (χ2v) is 5.18. The van der Waals surface area contributed by atoms with Gasteiger partial charge in [0.1, 0.15) is 0 Å². The molecule has 1 aliphatic heterocycles. The van der Waals surface area contributed by atoms with E-state index in [1.165, 1.54) is 38.9 Å². The van der Waals surface area contributed by atoms with Crippen LogP contribution in [0.5, 0.6) is 0 Å². The maximum absolute atomic E-state index is 5.98. The molecule has 3 nitrogen and oxygen atoms in total. The maximum atomic E-state index is 5.98. The van der Waals surface area contributed by atoms with Crippen LogP contribution in [0.2, 0.25) is 0 Å². The van der Waals surface area contributed by atoms with Gasteiger partial charge in [0.2, 0.25) is 0 Å². The topological polar surface area (TPSA) is 32.5 Å². The predicted octanol–water partition coefficient (Wildman–Crippen LogP) is 1.78. The van der Waals surface area contributed by atoms with Crippen LogP contribution in [-0.2, 0) is 0 Å². The number of nitrogens with two attached hydrogens (primary N) is 1. The van der Waals surface area contributed by atoms with Gasteiger partial charge in [-0.3, -0.25) is 4.90 Å². The molecule has 2 N–H and O–H groups in total. The van der Waals surface area contributed by atoms with Crippen LogP contribution in [0.4, 0.5) is 0 Å². The molecule has 0 spiro atoms. The van der Waals surface area contributed by atoms with Crippen molar-refractivity contribution in [2.75, 3.05) is 39.3 Å². The predicted molar refractivity (Wildman–Crippen MR) is 75.2 cm³/mol. The van der Waals surface area contributed by atoms with Gasteiger partial charge in [0.25, 0.3) is 0 Å². The summed E-state index contributed by atoms with van der Waals surface area (Å²) in [5.74, 6) is 0.824. The largest absolute Gasteiger partial charge is 0.329 e. The monoisotopic (exact) mass is 241 g/mol. The minimum absolute atomic E-state index is 0.629. The Balaban J connectivity index is 2.44. The molecule has 0 radical (unpaired) electrons. The van der Waals surface area contributed by atoms with E-state index in [2.05, 4.69) is 30.6 Å². The minimum atomic E-state index is 0.629. The zero-order valence-electron chi connectivity index (χ0n) is 12.0. The van der Waals surface area contributed by atoms with Gasteiger partial charge in [-0.1, -0.05) is 27.2 Å². The van der Waals surface area contributed by atoms with E-state index in [0.717, 1.165) is 25.6 Å². The highest BCUT2D eigenvalue weighted by molar-refractivity contribution is 4.84. The summed E-state index contributed by atoms with van der Waals surface area (Å²) in [5.41, 5.74) is 5.98. The molecule has 3 heteroatoms. The second kappa shape index (κ2) is 8.06. The van der Waals surface area contributed by atoms with E-state index in [1.54, 1.807) is 0 Å². The van der Waals surface area contributed by atoms with Gasteiger partial charge in [0.05, 0.1) is 0 Å². The van der Waals surface area contributed by atoms with E-state index in [-0.39, 0.29) is 0 Å². The number of hydrogen-bond acceptors (Lipinski definition) is 3. The fraction of sp³-hybridized carbons (Fsp3) is 1.00. The number of hydrogen-bond donors (Lipinski definition) is 1. The summed E-state index contributed by atoms with van der Waals surface area (Å²) in [6.45, 7) is 13.6. The first-order chi connectivity index (χ1) is 8.26. The summed E-state index contributed by atoms with van der Waals surface area (Å²) in [6.07, 6.45) is 4.01. The molecule has 2 atom stereocenters. The Hall–Kier alpha value is -0.120. The van der Waals surface area contributed by atoms with Crippen LogP contribution >= 0.6 is 0 Å². The quantitative estimate of drug-likeness (QED) is 0.737. The molecule has 0 amide bonds. The molecule has 0 bridgehead atoms. The third-order valence-electron chi connectivity index (χ3n) is 4.40. The fourth-order valence-electron chi connectivity index (χ4n) is 3.12. The first-order valence-electron chi connectivity index (χ1n) is 7.43. The average Bonchev–Trinajstić information content (AvgIpc) is 2.39. The molecule has 0 aromatic carbocycles. The molecule has 1 aliphatic rings. The SMILES string of the molecule is CCC1CCCN(CCN(CC)CC)C1CN. The highest BCUT2D eigenvalue weighted by atomic mass is 15.2. The fourth-order valence-corrected chi connectivity index (χ4v) is 3.12. The Morgan fingerprint density at radius 3 is 2.47 bits per heavy atom. The highest BCUT2D eigenvalue weighted by Crippen LogP contribution is 2.25. The van der Waals surface area contributed by atoms with Gasteiger partial charge in [-0.2, -0.15) is 0 Å². The van der Waals surface area contributed by atoms with Crippen molar-refractivity contribution in [2.24, 2.45) is 11.7 Å². The van der Waals surface area contributed by atoms with Crippen molar-refractivity contribution in [2.45, 2.75) is 46.1 Å². The van der Waals surface area contributed by atoms with Crippen LogP contribution < -0.4 is 5.73 Å². The zero-order valence-corrected chi connectivity index (χ0v) is 12.0. The summed E-state index contributed by atoms with van der Waals surface area (Å²) in [6, 6.07) is 0.629. The van der Waals surface area contributed by atoms with Gasteiger partial charge in [-0.25, -0.2) is 0 Å². The number of nitrogens with zero attached hydrogens (tertiary/aromatic N) is 2. The Kier molecular flexibility index (Phi) is 7.09. The molecular weight excluding hydrogens is 210 g/mol. The third-order valence-corrected chi connectivity index (χ3v) is 4.40. The van der Waals surface area contributed by atoms with Crippen molar-refractivity contribution in [1.29, 1.82) is 0 Å². The lowest BCUT2D eigenvalue weighted by Gasteiger charge is -2.41. The Morgan fingerprint density at radius 1 is 1.24 bits per heavy atom. The van der Waals surface area contributed by atoms with Gasteiger partial charge >= 0.3 is 0 Å². The van der Waals surface area contributed by atoms with E-state index in [9.17, 15) is 0 Å². The summed E-state index contributed by atoms with van der Waals surface area (Å²) < 4.78 is 0. The molecule has 1 heterocycles. The van der Waals surface area contributed by atoms with Crippen LogP contribution in [0.25, 0.3) is 0 Å². The van der Waals surface area contributed by atoms with E-state index in [4.69, 9.17) is 5.73 Å². The molecule has 1 saturated heterocycles. The number of likely N-dealkylation sites (N-methyl/N-ethyl adjacent to an activating group) is 1. The summed E-state index contributed by atoms with van der Waals surface area (Å²) in [7, 11) is 0. The van der Waals surface area contributed by atoms with Crippen LogP contribution in [-0.4, -0.2) is 55.1 Å². The smallest absolute Gasteiger partial charge is 0.0247 e. The van der Waals surface area contributed by atoms with Crippen molar-refractivity contribution in [1.82, 2.24) is 9.80 Å². The Bertz CT molecular complexity index is 192. The summed E-state index contributed by atoms with van der Waals surface area (Å²) in [5, 5.41) is 0. The van der Waals surface area contributed by atoms with Gasteiger partial charge < -0.3 is 10.6 Å². The standard InChI is InChI=1S/C14H31N3/c1-4-13-8-7-9-17(14(13)12-15)11-10-16(5-2)6-3/h13-14H,4-12,15H2,1-3H3. The van der Waals surface area contributed by atoms with E-state index in [0.29, 0.717) is 6.04 Å². The molecule has 1 rings (SSSR count). The van der Waals surface area contributed by atoms with Crippen LogP contribution in [0.15, 0.2) is 0 Å². The normalized spacial score (nSPS) is 26.6. The molecular formula is C14H31N3. The molecule has 17 heavy (non-hydrogen) atoms. The van der Waals surface area contributed by atoms with Crippen molar-refractivity contribution < 1.29 is 0 Å². The van der Waals surface area contributed by atoms with E-state index >= 15 is 0 Å². The lowest BCUT2D eigenvalue weighted by Crippen LogP contribution is -2.51. The number of likely N-dealkylation sites (tertiary alicyclic amines) is 1. The van der Waals surface area contributed by atoms with Gasteiger partial charge in [-0.15, -0.1) is 0 Å². The first-order valence-corrected chi connectivity index (χ1v) is 7.43. The first kappa shape index (κ1) is 14.9. The Labute approximate surface area is 107 Å². The molecule has 102 valence electrons. The van der Waals surface area contributed by atoms with Crippen LogP contribution in [0.1, 0.15) is 40.0 Å². The maximum Gasteiger partial charge on any atom is 0.0247 e. The molecule has 0 aliphatic carbocycles. The highest BCUT2D eigenvalue weighted by Gasteiger charge is 2.28. The zero-order chi connectivity index (χ0) is 12.7. The van der Waals surface area contributed by atoms with Crippen molar-refractivity contribution in [3.63, 3.8) is 0 Å². The van der Waals surface area contributed by atoms with E-state index < -0.39 is 0 Å². The molecule has 0 aromatic heterocycles. The lowest BCUT2D eigenvalue weighted by atomic mass is 9.87. The average molecular weight is 241 g/mol.